The maximum absolute atomic E-state index is 13.1. The van der Waals surface area contributed by atoms with Crippen LogP contribution in [0.3, 0.4) is 0 Å². The first-order valence-electron chi connectivity index (χ1n) is 10.4. The van der Waals surface area contributed by atoms with Crippen molar-refractivity contribution in [1.29, 1.82) is 0 Å². The Labute approximate surface area is 182 Å². The Kier molecular flexibility index (Phi) is 7.94. The molecule has 1 fully saturated rings. The van der Waals surface area contributed by atoms with E-state index in [0.717, 1.165) is 44.8 Å². The number of hydrogen-bond donors (Lipinski definition) is 1. The molecule has 0 saturated carbocycles. The van der Waals surface area contributed by atoms with Crippen molar-refractivity contribution in [2.75, 3.05) is 65.5 Å². The molecule has 1 amide bonds. The normalized spacial score (nSPS) is 14.3. The number of rotatable bonds is 9. The van der Waals surface area contributed by atoms with Gasteiger partial charge in [-0.25, -0.2) is 4.39 Å². The molecule has 1 aliphatic rings. The van der Waals surface area contributed by atoms with Crippen LogP contribution in [0.4, 0.5) is 10.1 Å². The number of piperazine rings is 1. The molecule has 31 heavy (non-hydrogen) atoms. The summed E-state index contributed by atoms with van der Waals surface area (Å²) in [5.41, 5.74) is 1.46. The number of amides is 1. The van der Waals surface area contributed by atoms with E-state index in [1.54, 1.807) is 12.1 Å². The first-order chi connectivity index (χ1) is 15.1. The standard InChI is InChI=1S/C23H30FN3O4/c1-29-20-10-9-19(21(30-2)22(20)31-3)23(28)25-11-4-12-26-13-15-27(16-14-26)18-7-5-17(24)6-8-18/h5-10H,4,11-16H2,1-3H3,(H,25,28). The molecule has 0 atom stereocenters. The van der Waals surface area contributed by atoms with Gasteiger partial charge in [-0.15, -0.1) is 0 Å². The number of nitrogens with one attached hydrogen (secondary N) is 1. The first kappa shape index (κ1) is 22.7. The minimum absolute atomic E-state index is 0.209. The molecule has 1 N–H and O–H groups in total. The largest absolute Gasteiger partial charge is 0.493 e. The Balaban J connectivity index is 1.44. The lowest BCUT2D eigenvalue weighted by Gasteiger charge is -2.36. The van der Waals surface area contributed by atoms with Crippen LogP contribution in [0.25, 0.3) is 0 Å². The van der Waals surface area contributed by atoms with Crippen LogP contribution in [0.5, 0.6) is 17.2 Å². The number of carbonyl (C=O) groups excluding carboxylic acids is 1. The molecule has 0 aromatic heterocycles. The quantitative estimate of drug-likeness (QED) is 0.616. The van der Waals surface area contributed by atoms with Gasteiger partial charge in [-0.2, -0.15) is 0 Å². The Bertz CT molecular complexity index is 868. The summed E-state index contributed by atoms with van der Waals surface area (Å²) in [5.74, 6) is 0.845. The minimum Gasteiger partial charge on any atom is -0.493 e. The lowest BCUT2D eigenvalue weighted by atomic mass is 10.1. The summed E-state index contributed by atoms with van der Waals surface area (Å²) in [4.78, 5) is 17.3. The molecule has 168 valence electrons. The van der Waals surface area contributed by atoms with E-state index in [2.05, 4.69) is 15.1 Å². The molecule has 1 saturated heterocycles. The van der Waals surface area contributed by atoms with Gasteiger partial charge in [0.2, 0.25) is 5.75 Å². The molecule has 0 bridgehead atoms. The van der Waals surface area contributed by atoms with Crippen molar-refractivity contribution in [2.45, 2.75) is 6.42 Å². The minimum atomic E-state index is -0.213. The topological polar surface area (TPSA) is 63.3 Å². The highest BCUT2D eigenvalue weighted by Gasteiger charge is 2.21. The lowest BCUT2D eigenvalue weighted by Crippen LogP contribution is -2.47. The van der Waals surface area contributed by atoms with Gasteiger partial charge in [-0.05, 0) is 49.4 Å². The van der Waals surface area contributed by atoms with Crippen molar-refractivity contribution in [3.05, 3.63) is 47.8 Å². The van der Waals surface area contributed by atoms with Gasteiger partial charge in [-0.1, -0.05) is 0 Å². The van der Waals surface area contributed by atoms with E-state index in [4.69, 9.17) is 14.2 Å². The van der Waals surface area contributed by atoms with Gasteiger partial charge in [0.25, 0.3) is 5.91 Å². The summed E-state index contributed by atoms with van der Waals surface area (Å²) in [6.07, 6.45) is 0.845. The van der Waals surface area contributed by atoms with Gasteiger partial charge >= 0.3 is 0 Å². The number of carbonyl (C=O) groups is 1. The Morgan fingerprint density at radius 2 is 1.61 bits per heavy atom. The molecule has 7 nitrogen and oxygen atoms in total. The first-order valence-corrected chi connectivity index (χ1v) is 10.4. The van der Waals surface area contributed by atoms with Gasteiger partial charge < -0.3 is 24.4 Å². The molecule has 0 aliphatic carbocycles. The third-order valence-electron chi connectivity index (χ3n) is 5.45. The van der Waals surface area contributed by atoms with Crippen molar-refractivity contribution in [2.24, 2.45) is 0 Å². The summed E-state index contributed by atoms with van der Waals surface area (Å²) in [6.45, 7) is 5.15. The molecule has 8 heteroatoms. The zero-order valence-corrected chi connectivity index (χ0v) is 18.3. The number of anilines is 1. The molecule has 0 radical (unpaired) electrons. The lowest BCUT2D eigenvalue weighted by molar-refractivity contribution is 0.0947. The average molecular weight is 432 g/mol. The van der Waals surface area contributed by atoms with E-state index in [-0.39, 0.29) is 11.7 Å². The molecule has 0 spiro atoms. The highest BCUT2D eigenvalue weighted by Crippen LogP contribution is 2.39. The molecule has 2 aromatic rings. The molecule has 0 unspecified atom stereocenters. The molecular formula is C23H30FN3O4. The molecule has 2 aromatic carbocycles. The highest BCUT2D eigenvalue weighted by atomic mass is 19.1. The summed E-state index contributed by atoms with van der Waals surface area (Å²) in [7, 11) is 4.55. The Morgan fingerprint density at radius 1 is 0.935 bits per heavy atom. The number of hydrogen-bond acceptors (Lipinski definition) is 6. The van der Waals surface area contributed by atoms with Crippen LogP contribution in [-0.2, 0) is 0 Å². The van der Waals surface area contributed by atoms with Gasteiger partial charge in [0, 0.05) is 38.4 Å². The predicted octanol–water partition coefficient (Wildman–Crippen LogP) is 2.79. The third-order valence-corrected chi connectivity index (χ3v) is 5.45. The van der Waals surface area contributed by atoms with Crippen LogP contribution in [0.15, 0.2) is 36.4 Å². The van der Waals surface area contributed by atoms with Crippen molar-refractivity contribution in [3.8, 4) is 17.2 Å². The number of nitrogens with zero attached hydrogens (tertiary/aromatic N) is 2. The van der Waals surface area contributed by atoms with Crippen LogP contribution in [0.2, 0.25) is 0 Å². The van der Waals surface area contributed by atoms with E-state index in [0.29, 0.717) is 29.4 Å². The monoisotopic (exact) mass is 431 g/mol. The second kappa shape index (κ2) is 10.9. The molecule has 3 rings (SSSR count). The van der Waals surface area contributed by atoms with E-state index < -0.39 is 0 Å². The number of ether oxygens (including phenoxy) is 3. The van der Waals surface area contributed by atoms with Crippen LogP contribution in [-0.4, -0.2) is 71.4 Å². The molecular weight excluding hydrogens is 401 g/mol. The van der Waals surface area contributed by atoms with Gasteiger partial charge in [-0.3, -0.25) is 9.69 Å². The number of halogens is 1. The summed E-state index contributed by atoms with van der Waals surface area (Å²) >= 11 is 0. The van der Waals surface area contributed by atoms with E-state index in [1.807, 2.05) is 12.1 Å². The maximum Gasteiger partial charge on any atom is 0.255 e. The van der Waals surface area contributed by atoms with Crippen LogP contribution >= 0.6 is 0 Å². The molecule has 1 heterocycles. The number of benzene rings is 2. The van der Waals surface area contributed by atoms with Crippen LogP contribution in [0, 0.1) is 5.82 Å². The van der Waals surface area contributed by atoms with Gasteiger partial charge in [0.15, 0.2) is 11.5 Å². The SMILES string of the molecule is COc1ccc(C(=O)NCCCN2CCN(c3ccc(F)cc3)CC2)c(OC)c1OC. The zero-order valence-electron chi connectivity index (χ0n) is 18.3. The summed E-state index contributed by atoms with van der Waals surface area (Å²) < 4.78 is 29.1. The second-order valence-corrected chi connectivity index (χ2v) is 7.30. The van der Waals surface area contributed by atoms with Crippen molar-refractivity contribution < 1.29 is 23.4 Å². The smallest absolute Gasteiger partial charge is 0.255 e. The average Bonchev–Trinajstić information content (AvgIpc) is 2.81. The van der Waals surface area contributed by atoms with Crippen molar-refractivity contribution >= 4 is 11.6 Å². The van der Waals surface area contributed by atoms with Crippen LogP contribution < -0.4 is 24.4 Å². The van der Waals surface area contributed by atoms with Crippen molar-refractivity contribution in [1.82, 2.24) is 10.2 Å². The predicted molar refractivity (Wildman–Crippen MR) is 118 cm³/mol. The maximum atomic E-state index is 13.1. The highest BCUT2D eigenvalue weighted by molar-refractivity contribution is 5.98. The number of methoxy groups -OCH3 is 3. The fourth-order valence-corrected chi connectivity index (χ4v) is 3.76. The van der Waals surface area contributed by atoms with Gasteiger partial charge in [0.1, 0.15) is 5.82 Å². The molecule has 1 aliphatic heterocycles. The fraction of sp³-hybridized carbons (Fsp3) is 0.435. The van der Waals surface area contributed by atoms with Crippen LogP contribution in [0.1, 0.15) is 16.8 Å². The van der Waals surface area contributed by atoms with E-state index in [1.165, 1.54) is 33.5 Å². The summed E-state index contributed by atoms with van der Waals surface area (Å²) in [6, 6.07) is 10.0. The second-order valence-electron chi connectivity index (χ2n) is 7.30. The third kappa shape index (κ3) is 5.58. The van der Waals surface area contributed by atoms with Crippen molar-refractivity contribution in [3.63, 3.8) is 0 Å². The Morgan fingerprint density at radius 3 is 2.23 bits per heavy atom. The van der Waals surface area contributed by atoms with Gasteiger partial charge in [0.05, 0.1) is 26.9 Å². The fourth-order valence-electron chi connectivity index (χ4n) is 3.76. The summed E-state index contributed by atoms with van der Waals surface area (Å²) in [5, 5.41) is 2.95. The zero-order chi connectivity index (χ0) is 22.2. The Hall–Kier alpha value is -3.00. The van der Waals surface area contributed by atoms with E-state index in [9.17, 15) is 9.18 Å². The van der Waals surface area contributed by atoms with E-state index >= 15 is 0 Å².